The predicted molar refractivity (Wildman–Crippen MR) is 90.3 cm³/mol. The van der Waals surface area contributed by atoms with Gasteiger partial charge in [0.05, 0.1) is 5.75 Å². The quantitative estimate of drug-likeness (QED) is 0.723. The lowest BCUT2D eigenvalue weighted by atomic mass is 10.1. The monoisotopic (exact) mass is 325 g/mol. The number of anilines is 1. The average molecular weight is 325 g/mol. The SMILES string of the molecule is Cc1cccc(-c2nnc(NC(=O)CSc3ccccc3)o2)c1. The molecule has 0 fully saturated rings. The summed E-state index contributed by atoms with van der Waals surface area (Å²) >= 11 is 1.45. The summed E-state index contributed by atoms with van der Waals surface area (Å²) in [5.74, 6) is 0.490. The Kier molecular flexibility index (Phi) is 4.73. The third kappa shape index (κ3) is 4.20. The molecule has 0 aliphatic heterocycles. The molecular weight excluding hydrogens is 310 g/mol. The van der Waals surface area contributed by atoms with Crippen LogP contribution in [0.15, 0.2) is 63.9 Å². The fraction of sp³-hybridized carbons (Fsp3) is 0.118. The molecule has 1 N–H and O–H groups in total. The number of hydrogen-bond donors (Lipinski definition) is 1. The molecule has 0 unspecified atom stereocenters. The van der Waals surface area contributed by atoms with E-state index >= 15 is 0 Å². The normalized spacial score (nSPS) is 10.5. The van der Waals surface area contributed by atoms with Crippen LogP contribution in [0.1, 0.15) is 5.56 Å². The minimum Gasteiger partial charge on any atom is -0.403 e. The molecule has 0 spiro atoms. The number of carbonyl (C=O) groups is 1. The van der Waals surface area contributed by atoms with Crippen LogP contribution in [0, 0.1) is 6.92 Å². The Morgan fingerprint density at radius 2 is 1.96 bits per heavy atom. The third-order valence-corrected chi connectivity index (χ3v) is 4.06. The van der Waals surface area contributed by atoms with Crippen molar-refractivity contribution in [1.82, 2.24) is 10.2 Å². The number of aryl methyl sites for hydroxylation is 1. The number of hydrogen-bond acceptors (Lipinski definition) is 5. The Balaban J connectivity index is 1.59. The second-order valence-corrected chi connectivity index (χ2v) is 5.98. The Morgan fingerprint density at radius 1 is 1.13 bits per heavy atom. The fourth-order valence-corrected chi connectivity index (χ4v) is 2.71. The highest BCUT2D eigenvalue weighted by atomic mass is 32.2. The Hall–Kier alpha value is -2.60. The van der Waals surface area contributed by atoms with Crippen molar-refractivity contribution in [2.75, 3.05) is 11.1 Å². The van der Waals surface area contributed by atoms with Gasteiger partial charge in [-0.15, -0.1) is 16.9 Å². The maximum atomic E-state index is 11.9. The van der Waals surface area contributed by atoms with E-state index in [4.69, 9.17) is 4.42 Å². The summed E-state index contributed by atoms with van der Waals surface area (Å²) in [7, 11) is 0. The smallest absolute Gasteiger partial charge is 0.322 e. The molecule has 3 aromatic rings. The Morgan fingerprint density at radius 3 is 2.74 bits per heavy atom. The third-order valence-electron chi connectivity index (χ3n) is 3.05. The molecule has 0 radical (unpaired) electrons. The van der Waals surface area contributed by atoms with Gasteiger partial charge in [-0.25, -0.2) is 0 Å². The van der Waals surface area contributed by atoms with Gasteiger partial charge in [-0.1, -0.05) is 41.0 Å². The lowest BCUT2D eigenvalue weighted by Crippen LogP contribution is -2.14. The van der Waals surface area contributed by atoms with E-state index in [2.05, 4.69) is 15.5 Å². The van der Waals surface area contributed by atoms with Crippen LogP contribution >= 0.6 is 11.8 Å². The van der Waals surface area contributed by atoms with E-state index in [1.807, 2.05) is 61.5 Å². The molecule has 0 saturated heterocycles. The zero-order chi connectivity index (χ0) is 16.1. The molecule has 0 saturated carbocycles. The summed E-state index contributed by atoms with van der Waals surface area (Å²) in [6.07, 6.45) is 0. The van der Waals surface area contributed by atoms with Crippen molar-refractivity contribution < 1.29 is 9.21 Å². The summed E-state index contributed by atoms with van der Waals surface area (Å²) < 4.78 is 5.48. The van der Waals surface area contributed by atoms with Crippen molar-refractivity contribution in [3.63, 3.8) is 0 Å². The van der Waals surface area contributed by atoms with Gasteiger partial charge >= 0.3 is 6.01 Å². The van der Waals surface area contributed by atoms with E-state index in [9.17, 15) is 4.79 Å². The second kappa shape index (κ2) is 7.11. The number of nitrogens with one attached hydrogen (secondary N) is 1. The lowest BCUT2D eigenvalue weighted by molar-refractivity contribution is -0.113. The topological polar surface area (TPSA) is 68.0 Å². The summed E-state index contributed by atoms with van der Waals surface area (Å²) in [5.41, 5.74) is 1.93. The molecule has 5 nitrogen and oxygen atoms in total. The van der Waals surface area contributed by atoms with Crippen molar-refractivity contribution >= 4 is 23.7 Å². The highest BCUT2D eigenvalue weighted by Gasteiger charge is 2.11. The molecule has 0 atom stereocenters. The maximum Gasteiger partial charge on any atom is 0.322 e. The highest BCUT2D eigenvalue weighted by molar-refractivity contribution is 8.00. The van der Waals surface area contributed by atoms with E-state index < -0.39 is 0 Å². The van der Waals surface area contributed by atoms with Crippen molar-refractivity contribution in [1.29, 1.82) is 0 Å². The van der Waals surface area contributed by atoms with Crippen LogP contribution in [0.4, 0.5) is 6.01 Å². The van der Waals surface area contributed by atoms with Gasteiger partial charge in [0, 0.05) is 10.5 Å². The van der Waals surface area contributed by atoms with Gasteiger partial charge < -0.3 is 4.42 Å². The van der Waals surface area contributed by atoms with E-state index in [-0.39, 0.29) is 17.7 Å². The number of aromatic nitrogens is 2. The molecule has 6 heteroatoms. The Bertz CT molecular complexity index is 802. The van der Waals surface area contributed by atoms with Gasteiger partial charge in [-0.05, 0) is 31.2 Å². The van der Waals surface area contributed by atoms with Gasteiger partial charge in [0.25, 0.3) is 0 Å². The second-order valence-electron chi connectivity index (χ2n) is 4.93. The zero-order valence-corrected chi connectivity index (χ0v) is 13.3. The minimum absolute atomic E-state index is 0.111. The lowest BCUT2D eigenvalue weighted by Gasteiger charge is -2.01. The van der Waals surface area contributed by atoms with E-state index in [0.29, 0.717) is 5.89 Å². The van der Waals surface area contributed by atoms with Crippen LogP contribution in [0.2, 0.25) is 0 Å². The van der Waals surface area contributed by atoms with Crippen LogP contribution in [0.3, 0.4) is 0 Å². The molecular formula is C17H15N3O2S. The zero-order valence-electron chi connectivity index (χ0n) is 12.5. The van der Waals surface area contributed by atoms with E-state index in [1.54, 1.807) is 0 Å². The maximum absolute atomic E-state index is 11.9. The summed E-state index contributed by atoms with van der Waals surface area (Å²) in [6, 6.07) is 17.6. The standard InChI is InChI=1S/C17H15N3O2S/c1-12-6-5-7-13(10-12)16-19-20-17(22-16)18-15(21)11-23-14-8-3-2-4-9-14/h2-10H,11H2,1H3,(H,18,20,21). The molecule has 116 valence electrons. The molecule has 0 aliphatic rings. The first-order valence-corrected chi connectivity index (χ1v) is 8.07. The molecule has 23 heavy (non-hydrogen) atoms. The summed E-state index contributed by atoms with van der Waals surface area (Å²) in [6.45, 7) is 1.99. The molecule has 0 aliphatic carbocycles. The predicted octanol–water partition coefficient (Wildman–Crippen LogP) is 3.78. The number of benzene rings is 2. The van der Waals surface area contributed by atoms with Crippen molar-refractivity contribution in [3.8, 4) is 11.5 Å². The number of carbonyl (C=O) groups excluding carboxylic acids is 1. The molecule has 2 aromatic carbocycles. The average Bonchev–Trinajstić information content (AvgIpc) is 3.02. The van der Waals surface area contributed by atoms with Crippen molar-refractivity contribution in [3.05, 3.63) is 60.2 Å². The summed E-state index contributed by atoms with van der Waals surface area (Å²) in [5, 5.41) is 10.4. The van der Waals surface area contributed by atoms with Gasteiger partial charge in [-0.2, -0.15) is 0 Å². The summed E-state index contributed by atoms with van der Waals surface area (Å²) in [4.78, 5) is 13.0. The van der Waals surface area contributed by atoms with Gasteiger partial charge in [0.2, 0.25) is 11.8 Å². The first-order valence-electron chi connectivity index (χ1n) is 7.09. The number of thioether (sulfide) groups is 1. The first-order chi connectivity index (χ1) is 11.2. The molecule has 1 heterocycles. The van der Waals surface area contributed by atoms with E-state index in [1.165, 1.54) is 11.8 Å². The van der Waals surface area contributed by atoms with Crippen molar-refractivity contribution in [2.24, 2.45) is 0 Å². The van der Waals surface area contributed by atoms with Crippen LogP contribution in [0.5, 0.6) is 0 Å². The number of amides is 1. The highest BCUT2D eigenvalue weighted by Crippen LogP contribution is 2.21. The number of nitrogens with zero attached hydrogens (tertiary/aromatic N) is 2. The Labute approximate surface area is 138 Å². The van der Waals surface area contributed by atoms with E-state index in [0.717, 1.165) is 16.0 Å². The molecule has 1 aromatic heterocycles. The first kappa shape index (κ1) is 15.3. The molecule has 3 rings (SSSR count). The number of rotatable bonds is 5. The fourth-order valence-electron chi connectivity index (χ4n) is 1.99. The van der Waals surface area contributed by atoms with Gasteiger partial charge in [0.15, 0.2) is 0 Å². The van der Waals surface area contributed by atoms with Gasteiger partial charge in [-0.3, -0.25) is 10.1 Å². The largest absolute Gasteiger partial charge is 0.403 e. The van der Waals surface area contributed by atoms with Crippen LogP contribution < -0.4 is 5.32 Å². The minimum atomic E-state index is -0.182. The van der Waals surface area contributed by atoms with Crippen molar-refractivity contribution in [2.45, 2.75) is 11.8 Å². The van der Waals surface area contributed by atoms with Crippen LogP contribution in [0.25, 0.3) is 11.5 Å². The van der Waals surface area contributed by atoms with Crippen LogP contribution in [-0.4, -0.2) is 21.9 Å². The van der Waals surface area contributed by atoms with Gasteiger partial charge in [0.1, 0.15) is 0 Å². The van der Waals surface area contributed by atoms with Crippen LogP contribution in [-0.2, 0) is 4.79 Å². The molecule has 0 bridgehead atoms. The molecule has 1 amide bonds.